The lowest BCUT2D eigenvalue weighted by Gasteiger charge is -2.40. The minimum Gasteiger partial charge on any atom is -0.337 e. The molecule has 0 aromatic heterocycles. The standard InChI is InChI=1S/C17H26N2O3S/c1-13(15-8-5-4-6-9-15)14(2)19-16(20)18-12-17(10-7-11-17)23(3,21)22/h4-6,8-9,13-14H,7,10-12H2,1-3H3,(H2,18,19,20)/t13-,14-/m0/s1. The van der Waals surface area contributed by atoms with Gasteiger partial charge in [0.1, 0.15) is 0 Å². The van der Waals surface area contributed by atoms with Gasteiger partial charge in [-0.3, -0.25) is 0 Å². The normalized spacial score (nSPS) is 19.3. The Bertz CT molecular complexity index is 639. The van der Waals surface area contributed by atoms with Crippen molar-refractivity contribution < 1.29 is 13.2 Å². The fraction of sp³-hybridized carbons (Fsp3) is 0.588. The monoisotopic (exact) mass is 338 g/mol. The van der Waals surface area contributed by atoms with Crippen LogP contribution in [0.4, 0.5) is 4.79 Å². The molecule has 0 radical (unpaired) electrons. The zero-order valence-electron chi connectivity index (χ0n) is 14.0. The molecule has 1 aliphatic rings. The van der Waals surface area contributed by atoms with Crippen LogP contribution in [0.1, 0.15) is 44.6 Å². The molecule has 6 heteroatoms. The van der Waals surface area contributed by atoms with Crippen LogP contribution in [0, 0.1) is 0 Å². The molecule has 23 heavy (non-hydrogen) atoms. The molecule has 0 bridgehead atoms. The number of benzene rings is 1. The maximum atomic E-state index is 12.1. The summed E-state index contributed by atoms with van der Waals surface area (Å²) in [5, 5.41) is 5.65. The minimum absolute atomic E-state index is 0.0482. The second kappa shape index (κ2) is 6.91. The second-order valence-electron chi connectivity index (χ2n) is 6.62. The van der Waals surface area contributed by atoms with E-state index < -0.39 is 14.6 Å². The number of carbonyl (C=O) groups excluding carboxylic acids is 1. The van der Waals surface area contributed by atoms with Crippen LogP contribution in [-0.2, 0) is 9.84 Å². The van der Waals surface area contributed by atoms with Gasteiger partial charge in [0.05, 0.1) is 4.75 Å². The van der Waals surface area contributed by atoms with Crippen LogP contribution >= 0.6 is 0 Å². The molecule has 1 aliphatic carbocycles. The lowest BCUT2D eigenvalue weighted by Crippen LogP contribution is -2.55. The predicted octanol–water partition coefficient (Wildman–Crippen LogP) is 2.45. The Balaban J connectivity index is 1.87. The molecule has 2 N–H and O–H groups in total. The highest BCUT2D eigenvalue weighted by Gasteiger charge is 2.46. The fourth-order valence-electron chi connectivity index (χ4n) is 2.92. The molecular formula is C17H26N2O3S. The number of amides is 2. The zero-order valence-corrected chi connectivity index (χ0v) is 14.8. The lowest BCUT2D eigenvalue weighted by molar-refractivity contribution is 0.231. The molecule has 1 saturated carbocycles. The van der Waals surface area contributed by atoms with Crippen molar-refractivity contribution >= 4 is 15.9 Å². The summed E-state index contributed by atoms with van der Waals surface area (Å²) in [7, 11) is -3.15. The van der Waals surface area contributed by atoms with Gasteiger partial charge in [-0.2, -0.15) is 0 Å². The van der Waals surface area contributed by atoms with E-state index >= 15 is 0 Å². The van der Waals surface area contributed by atoms with Gasteiger partial charge in [0.2, 0.25) is 0 Å². The first kappa shape index (κ1) is 17.8. The molecule has 1 aromatic rings. The Labute approximate surface area is 138 Å². The second-order valence-corrected chi connectivity index (χ2v) is 9.03. The van der Waals surface area contributed by atoms with Crippen molar-refractivity contribution in [3.05, 3.63) is 35.9 Å². The minimum atomic E-state index is -3.15. The van der Waals surface area contributed by atoms with Crippen molar-refractivity contribution in [1.29, 1.82) is 0 Å². The SMILES string of the molecule is C[C@H](NC(=O)NCC1(S(C)(=O)=O)CCC1)[C@H](C)c1ccccc1. The molecule has 0 spiro atoms. The fourth-order valence-corrected chi connectivity index (χ4v) is 4.28. The van der Waals surface area contributed by atoms with Gasteiger partial charge in [0.15, 0.2) is 9.84 Å². The third kappa shape index (κ3) is 4.05. The van der Waals surface area contributed by atoms with Gasteiger partial charge in [0.25, 0.3) is 0 Å². The van der Waals surface area contributed by atoms with Crippen molar-refractivity contribution in [2.24, 2.45) is 0 Å². The van der Waals surface area contributed by atoms with Gasteiger partial charge < -0.3 is 10.6 Å². The highest BCUT2D eigenvalue weighted by Crippen LogP contribution is 2.38. The quantitative estimate of drug-likeness (QED) is 0.836. The highest BCUT2D eigenvalue weighted by molar-refractivity contribution is 7.92. The Morgan fingerprint density at radius 1 is 1.22 bits per heavy atom. The third-order valence-electron chi connectivity index (χ3n) is 5.06. The first-order chi connectivity index (χ1) is 10.8. The van der Waals surface area contributed by atoms with E-state index in [1.54, 1.807) is 0 Å². The molecule has 0 unspecified atom stereocenters. The van der Waals surface area contributed by atoms with Crippen LogP contribution in [0.2, 0.25) is 0 Å². The number of hydrogen-bond donors (Lipinski definition) is 2. The van der Waals surface area contributed by atoms with Crippen molar-refractivity contribution in [3.8, 4) is 0 Å². The predicted molar refractivity (Wildman–Crippen MR) is 92.3 cm³/mol. The lowest BCUT2D eigenvalue weighted by atomic mass is 9.84. The van der Waals surface area contributed by atoms with Crippen LogP contribution in [0.3, 0.4) is 0 Å². The number of nitrogens with one attached hydrogen (secondary N) is 2. The van der Waals surface area contributed by atoms with E-state index in [2.05, 4.69) is 17.6 Å². The molecule has 1 fully saturated rings. The van der Waals surface area contributed by atoms with Crippen molar-refractivity contribution in [3.63, 3.8) is 0 Å². The van der Waals surface area contributed by atoms with Crippen LogP contribution < -0.4 is 10.6 Å². The van der Waals surface area contributed by atoms with E-state index in [9.17, 15) is 13.2 Å². The maximum absolute atomic E-state index is 12.1. The number of hydrogen-bond acceptors (Lipinski definition) is 3. The summed E-state index contributed by atoms with van der Waals surface area (Å²) in [5.41, 5.74) is 1.16. The molecule has 1 aromatic carbocycles. The molecule has 2 atom stereocenters. The molecule has 2 rings (SSSR count). The maximum Gasteiger partial charge on any atom is 0.315 e. The van der Waals surface area contributed by atoms with Crippen LogP contribution in [0.15, 0.2) is 30.3 Å². The summed E-state index contributed by atoms with van der Waals surface area (Å²) in [4.78, 5) is 12.1. The summed E-state index contributed by atoms with van der Waals surface area (Å²) >= 11 is 0. The van der Waals surface area contributed by atoms with Gasteiger partial charge in [-0.25, -0.2) is 13.2 Å². The van der Waals surface area contributed by atoms with Crippen molar-refractivity contribution in [1.82, 2.24) is 10.6 Å². The number of carbonyl (C=O) groups is 1. The topological polar surface area (TPSA) is 75.3 Å². The number of sulfone groups is 1. The van der Waals surface area contributed by atoms with E-state index in [4.69, 9.17) is 0 Å². The van der Waals surface area contributed by atoms with Gasteiger partial charge in [-0.1, -0.05) is 43.7 Å². The average Bonchev–Trinajstić information content (AvgIpc) is 2.44. The van der Waals surface area contributed by atoms with E-state index in [1.165, 1.54) is 6.26 Å². The molecule has 0 aliphatic heterocycles. The van der Waals surface area contributed by atoms with Gasteiger partial charge in [0, 0.05) is 24.8 Å². The molecule has 5 nitrogen and oxygen atoms in total. The van der Waals surface area contributed by atoms with E-state index in [0.29, 0.717) is 12.8 Å². The molecular weight excluding hydrogens is 312 g/mol. The molecule has 0 heterocycles. The Morgan fingerprint density at radius 3 is 2.30 bits per heavy atom. The number of urea groups is 1. The average molecular weight is 338 g/mol. The Morgan fingerprint density at radius 2 is 1.83 bits per heavy atom. The van der Waals surface area contributed by atoms with E-state index in [-0.39, 0.29) is 24.5 Å². The summed E-state index contributed by atoms with van der Waals surface area (Å²) < 4.78 is 23.0. The molecule has 0 saturated heterocycles. The Hall–Kier alpha value is -1.56. The third-order valence-corrected chi connectivity index (χ3v) is 7.18. The first-order valence-corrected chi connectivity index (χ1v) is 9.93. The van der Waals surface area contributed by atoms with Gasteiger partial charge in [-0.15, -0.1) is 0 Å². The van der Waals surface area contributed by atoms with Crippen LogP contribution in [0.5, 0.6) is 0 Å². The largest absolute Gasteiger partial charge is 0.337 e. The van der Waals surface area contributed by atoms with Gasteiger partial charge >= 0.3 is 6.03 Å². The van der Waals surface area contributed by atoms with Crippen molar-refractivity contribution in [2.75, 3.05) is 12.8 Å². The smallest absolute Gasteiger partial charge is 0.315 e. The van der Waals surface area contributed by atoms with Crippen LogP contribution in [-0.4, -0.2) is 38.0 Å². The summed E-state index contributed by atoms with van der Waals surface area (Å²) in [6.07, 6.45) is 3.41. The molecule has 128 valence electrons. The van der Waals surface area contributed by atoms with E-state index in [1.807, 2.05) is 37.3 Å². The number of rotatable bonds is 6. The summed E-state index contributed by atoms with van der Waals surface area (Å²) in [6, 6.07) is 9.63. The summed E-state index contributed by atoms with van der Waals surface area (Å²) in [6.45, 7) is 4.20. The van der Waals surface area contributed by atoms with Gasteiger partial charge in [-0.05, 0) is 25.3 Å². The van der Waals surface area contributed by atoms with Crippen molar-refractivity contribution in [2.45, 2.75) is 49.8 Å². The van der Waals surface area contributed by atoms with E-state index in [0.717, 1.165) is 12.0 Å². The Kier molecular flexibility index (Phi) is 5.34. The summed E-state index contributed by atoms with van der Waals surface area (Å²) in [5.74, 6) is 0.175. The first-order valence-electron chi connectivity index (χ1n) is 8.04. The van der Waals surface area contributed by atoms with Crippen LogP contribution in [0.25, 0.3) is 0 Å². The zero-order chi connectivity index (χ0) is 17.1. The molecule has 2 amide bonds. The highest BCUT2D eigenvalue weighted by atomic mass is 32.2.